The zero-order valence-corrected chi connectivity index (χ0v) is 14.7. The molecule has 6 nitrogen and oxygen atoms in total. The van der Waals surface area contributed by atoms with Gasteiger partial charge in [0.25, 0.3) is 0 Å². The van der Waals surface area contributed by atoms with Crippen molar-refractivity contribution in [2.75, 3.05) is 13.1 Å². The van der Waals surface area contributed by atoms with Gasteiger partial charge in [0.05, 0.1) is 12.0 Å². The van der Waals surface area contributed by atoms with Crippen LogP contribution in [0.15, 0.2) is 30.6 Å². The molecule has 7 heteroatoms. The summed E-state index contributed by atoms with van der Waals surface area (Å²) in [4.78, 5) is 14.8. The fourth-order valence-electron chi connectivity index (χ4n) is 3.39. The topological polar surface area (TPSA) is 63.1 Å². The van der Waals surface area contributed by atoms with Crippen LogP contribution in [-0.2, 0) is 18.4 Å². The van der Waals surface area contributed by atoms with Gasteiger partial charge >= 0.3 is 0 Å². The molecule has 0 bridgehead atoms. The highest BCUT2D eigenvalue weighted by molar-refractivity contribution is 5.79. The van der Waals surface area contributed by atoms with Crippen LogP contribution in [0.3, 0.4) is 0 Å². The van der Waals surface area contributed by atoms with Gasteiger partial charge in [0, 0.05) is 20.1 Å². The lowest BCUT2D eigenvalue weighted by atomic mass is 9.96. The van der Waals surface area contributed by atoms with Crippen molar-refractivity contribution in [1.29, 1.82) is 0 Å². The minimum Gasteiger partial charge on any atom is -0.346 e. The molecule has 2 heterocycles. The zero-order valence-electron chi connectivity index (χ0n) is 14.7. The highest BCUT2D eigenvalue weighted by Gasteiger charge is 2.27. The number of amides is 1. The summed E-state index contributed by atoms with van der Waals surface area (Å²) in [7, 11) is 1.86. The number of nitrogens with zero attached hydrogens (tertiary/aromatic N) is 4. The zero-order chi connectivity index (χ0) is 17.8. The first-order valence-corrected chi connectivity index (χ1v) is 8.64. The molecule has 1 amide bonds. The van der Waals surface area contributed by atoms with E-state index in [0.29, 0.717) is 13.1 Å². The second-order valence-electron chi connectivity index (χ2n) is 6.73. The van der Waals surface area contributed by atoms with Crippen LogP contribution in [0.25, 0.3) is 0 Å². The molecule has 2 atom stereocenters. The molecular formula is C18H24FN5O. The first-order valence-electron chi connectivity index (χ1n) is 8.64. The predicted octanol–water partition coefficient (Wildman–Crippen LogP) is 2.04. The molecule has 1 aromatic heterocycles. The molecule has 134 valence electrons. The largest absolute Gasteiger partial charge is 0.346 e. The maximum Gasteiger partial charge on any atom is 0.224 e. The average Bonchev–Trinajstić information content (AvgIpc) is 3.01. The molecule has 1 aromatic carbocycles. The van der Waals surface area contributed by atoms with Gasteiger partial charge in [0.1, 0.15) is 12.1 Å². The van der Waals surface area contributed by atoms with Crippen molar-refractivity contribution < 1.29 is 9.18 Å². The van der Waals surface area contributed by atoms with Gasteiger partial charge in [0.2, 0.25) is 5.91 Å². The van der Waals surface area contributed by atoms with Gasteiger partial charge in [-0.15, -0.1) is 10.2 Å². The number of carbonyl (C=O) groups is 1. The number of benzene rings is 1. The number of nitrogens with one attached hydrogen (secondary N) is 1. The highest BCUT2D eigenvalue weighted by atomic mass is 19.1. The van der Waals surface area contributed by atoms with Gasteiger partial charge in [-0.2, -0.15) is 0 Å². The van der Waals surface area contributed by atoms with Crippen molar-refractivity contribution in [3.8, 4) is 0 Å². The van der Waals surface area contributed by atoms with Crippen LogP contribution < -0.4 is 5.32 Å². The minimum atomic E-state index is -0.221. The number of hydrogen-bond acceptors (Lipinski definition) is 4. The first kappa shape index (κ1) is 17.5. The normalized spacial score (nSPS) is 19.6. The third kappa shape index (κ3) is 4.42. The number of piperidine rings is 1. The molecule has 1 N–H and O–H groups in total. The lowest BCUT2D eigenvalue weighted by molar-refractivity contribution is -0.127. The Morgan fingerprint density at radius 2 is 2.32 bits per heavy atom. The molecule has 3 rings (SSSR count). The summed E-state index contributed by atoms with van der Waals surface area (Å²) >= 11 is 0. The highest BCUT2D eigenvalue weighted by Crippen LogP contribution is 2.20. The molecule has 2 aromatic rings. The van der Waals surface area contributed by atoms with Crippen LogP contribution >= 0.6 is 0 Å². The Labute approximate surface area is 147 Å². The lowest BCUT2D eigenvalue weighted by Gasteiger charge is -2.32. The summed E-state index contributed by atoms with van der Waals surface area (Å²) in [5.74, 6) is 0.500. The van der Waals surface area contributed by atoms with Gasteiger partial charge in [-0.25, -0.2) is 4.39 Å². The summed E-state index contributed by atoms with van der Waals surface area (Å²) in [6, 6.07) is 6.46. The third-order valence-corrected chi connectivity index (χ3v) is 4.66. The monoisotopic (exact) mass is 345 g/mol. The van der Waals surface area contributed by atoms with Crippen LogP contribution in [0.2, 0.25) is 0 Å². The van der Waals surface area contributed by atoms with Crippen LogP contribution in [0.1, 0.15) is 37.2 Å². The van der Waals surface area contributed by atoms with E-state index in [2.05, 4.69) is 20.4 Å². The van der Waals surface area contributed by atoms with E-state index in [0.717, 1.165) is 30.8 Å². The molecule has 25 heavy (non-hydrogen) atoms. The standard InChI is InChI=1S/C18H24FN5O/c1-13(17-22-20-12-23(17)2)21-18(25)15-6-4-8-24(11-15)10-14-5-3-7-16(19)9-14/h3,5,7,9,12-13,15H,4,6,8,10-11H2,1-2H3,(H,21,25)/t13-,15+/m0/s1. The van der Waals surface area contributed by atoms with Crippen LogP contribution in [0, 0.1) is 11.7 Å². The van der Waals surface area contributed by atoms with Gasteiger partial charge in [-0.3, -0.25) is 9.69 Å². The van der Waals surface area contributed by atoms with E-state index in [9.17, 15) is 9.18 Å². The average molecular weight is 345 g/mol. The molecule has 0 unspecified atom stereocenters. The first-order chi connectivity index (χ1) is 12.0. The van der Waals surface area contributed by atoms with E-state index in [1.165, 1.54) is 6.07 Å². The van der Waals surface area contributed by atoms with Crippen molar-refractivity contribution in [1.82, 2.24) is 25.0 Å². The molecule has 1 fully saturated rings. The number of carbonyl (C=O) groups excluding carboxylic acids is 1. The molecule has 0 aliphatic carbocycles. The van der Waals surface area contributed by atoms with E-state index in [-0.39, 0.29) is 23.7 Å². The van der Waals surface area contributed by atoms with Crippen molar-refractivity contribution in [2.45, 2.75) is 32.4 Å². The van der Waals surface area contributed by atoms with E-state index in [4.69, 9.17) is 0 Å². The fraction of sp³-hybridized carbons (Fsp3) is 0.500. The van der Waals surface area contributed by atoms with Crippen molar-refractivity contribution in [3.05, 3.63) is 47.8 Å². The van der Waals surface area contributed by atoms with Crippen LogP contribution in [0.4, 0.5) is 4.39 Å². The number of halogens is 1. The summed E-state index contributed by atoms with van der Waals surface area (Å²) in [5, 5.41) is 10.9. The molecular weight excluding hydrogens is 321 g/mol. The SMILES string of the molecule is C[C@H](NC(=O)[C@@H]1CCCN(Cc2cccc(F)c2)C1)c1nncn1C. The molecule has 0 radical (unpaired) electrons. The Bertz CT molecular complexity index is 732. The number of rotatable bonds is 5. The Morgan fingerprint density at radius 1 is 1.48 bits per heavy atom. The Morgan fingerprint density at radius 3 is 3.04 bits per heavy atom. The smallest absolute Gasteiger partial charge is 0.224 e. The van der Waals surface area contributed by atoms with E-state index >= 15 is 0 Å². The third-order valence-electron chi connectivity index (χ3n) is 4.66. The Kier molecular flexibility index (Phi) is 5.43. The van der Waals surface area contributed by atoms with E-state index in [1.807, 2.05) is 24.6 Å². The number of aromatic nitrogens is 3. The van der Waals surface area contributed by atoms with Gasteiger partial charge in [-0.1, -0.05) is 12.1 Å². The van der Waals surface area contributed by atoms with Gasteiger partial charge in [-0.05, 0) is 44.0 Å². The van der Waals surface area contributed by atoms with E-state index in [1.54, 1.807) is 18.5 Å². The number of likely N-dealkylation sites (tertiary alicyclic amines) is 1. The summed E-state index contributed by atoms with van der Waals surface area (Å²) < 4.78 is 15.1. The molecule has 0 saturated carbocycles. The number of hydrogen-bond donors (Lipinski definition) is 1. The van der Waals surface area contributed by atoms with Gasteiger partial charge in [0.15, 0.2) is 5.82 Å². The predicted molar refractivity (Wildman–Crippen MR) is 92.0 cm³/mol. The summed E-state index contributed by atoms with van der Waals surface area (Å²) in [6.45, 7) is 4.20. The molecule has 1 saturated heterocycles. The lowest BCUT2D eigenvalue weighted by Crippen LogP contribution is -2.43. The second kappa shape index (κ2) is 7.74. The van der Waals surface area contributed by atoms with E-state index < -0.39 is 0 Å². The quantitative estimate of drug-likeness (QED) is 0.901. The molecule has 0 spiro atoms. The summed E-state index contributed by atoms with van der Waals surface area (Å²) in [6.07, 6.45) is 3.46. The maximum atomic E-state index is 13.3. The Hall–Kier alpha value is -2.28. The van der Waals surface area contributed by atoms with Crippen molar-refractivity contribution >= 4 is 5.91 Å². The fourth-order valence-corrected chi connectivity index (χ4v) is 3.39. The van der Waals surface area contributed by atoms with Crippen LogP contribution in [0.5, 0.6) is 0 Å². The van der Waals surface area contributed by atoms with Gasteiger partial charge < -0.3 is 9.88 Å². The van der Waals surface area contributed by atoms with Crippen LogP contribution in [-0.4, -0.2) is 38.7 Å². The summed E-state index contributed by atoms with van der Waals surface area (Å²) in [5.41, 5.74) is 0.938. The second-order valence-corrected chi connectivity index (χ2v) is 6.73. The van der Waals surface area contributed by atoms with Crippen molar-refractivity contribution in [2.24, 2.45) is 13.0 Å². The van der Waals surface area contributed by atoms with Crippen molar-refractivity contribution in [3.63, 3.8) is 0 Å². The molecule has 1 aliphatic rings. The molecule has 1 aliphatic heterocycles. The minimum absolute atomic E-state index is 0.0412. The maximum absolute atomic E-state index is 13.3. The number of aryl methyl sites for hydroxylation is 1. The Balaban J connectivity index is 1.57.